The van der Waals surface area contributed by atoms with E-state index < -0.39 is 0 Å². The SMILES string of the molecule is O=c1cc(COc2c(Cl)cccc2Cl)nc2cc(-c3ccco3)[nH]n12. The van der Waals surface area contributed by atoms with Crippen LogP contribution >= 0.6 is 23.2 Å². The highest BCUT2D eigenvalue weighted by Crippen LogP contribution is 2.32. The maximum absolute atomic E-state index is 12.3. The lowest BCUT2D eigenvalue weighted by molar-refractivity contribution is 0.301. The van der Waals surface area contributed by atoms with Gasteiger partial charge >= 0.3 is 0 Å². The van der Waals surface area contributed by atoms with Crippen molar-refractivity contribution in [3.8, 4) is 17.2 Å². The third kappa shape index (κ3) is 3.01. The van der Waals surface area contributed by atoms with Crippen LogP contribution in [-0.2, 0) is 6.61 Å². The van der Waals surface area contributed by atoms with Gasteiger partial charge in [-0.15, -0.1) is 0 Å². The van der Waals surface area contributed by atoms with Crippen molar-refractivity contribution >= 4 is 28.8 Å². The zero-order valence-corrected chi connectivity index (χ0v) is 14.2. The summed E-state index contributed by atoms with van der Waals surface area (Å²) >= 11 is 12.1. The number of nitrogens with one attached hydrogen (secondary N) is 1. The Kier molecular flexibility index (Phi) is 3.99. The first-order valence-corrected chi connectivity index (χ1v) is 8.10. The van der Waals surface area contributed by atoms with Crippen molar-refractivity contribution in [3.05, 3.63) is 74.8 Å². The van der Waals surface area contributed by atoms with Crippen LogP contribution in [0.4, 0.5) is 0 Å². The van der Waals surface area contributed by atoms with Crippen LogP contribution in [0.25, 0.3) is 17.1 Å². The Morgan fingerprint density at radius 1 is 1.16 bits per heavy atom. The van der Waals surface area contributed by atoms with E-state index in [4.69, 9.17) is 32.4 Å². The molecule has 8 heteroatoms. The third-order valence-corrected chi connectivity index (χ3v) is 4.17. The van der Waals surface area contributed by atoms with E-state index in [1.807, 2.05) is 0 Å². The number of aromatic nitrogens is 3. The zero-order valence-electron chi connectivity index (χ0n) is 12.7. The van der Waals surface area contributed by atoms with Crippen molar-refractivity contribution < 1.29 is 9.15 Å². The first kappa shape index (κ1) is 15.8. The highest BCUT2D eigenvalue weighted by molar-refractivity contribution is 6.37. The zero-order chi connectivity index (χ0) is 17.4. The van der Waals surface area contributed by atoms with Gasteiger partial charge in [0, 0.05) is 12.1 Å². The van der Waals surface area contributed by atoms with Crippen LogP contribution in [0.1, 0.15) is 5.69 Å². The molecule has 0 saturated heterocycles. The molecule has 4 aromatic rings. The largest absolute Gasteiger partial charge is 0.484 e. The molecule has 0 aliphatic carbocycles. The fraction of sp³-hybridized carbons (Fsp3) is 0.0588. The molecule has 0 radical (unpaired) electrons. The summed E-state index contributed by atoms with van der Waals surface area (Å²) in [7, 11) is 0. The molecule has 0 aliphatic rings. The third-order valence-electron chi connectivity index (χ3n) is 3.57. The number of H-pyrrole nitrogens is 1. The van der Waals surface area contributed by atoms with Gasteiger partial charge in [0.15, 0.2) is 17.2 Å². The molecule has 3 heterocycles. The number of ether oxygens (including phenoxy) is 1. The predicted octanol–water partition coefficient (Wildman–Crippen LogP) is 4.17. The molecule has 0 atom stereocenters. The van der Waals surface area contributed by atoms with Gasteiger partial charge in [0.05, 0.1) is 22.0 Å². The standard InChI is InChI=1S/C17H11Cl2N3O3/c18-11-3-1-4-12(19)17(11)25-9-10-7-16(23)22-15(20-10)8-13(21-22)14-5-2-6-24-14/h1-8,21H,9H2. The fourth-order valence-electron chi connectivity index (χ4n) is 2.44. The van der Waals surface area contributed by atoms with Crippen LogP contribution in [0.5, 0.6) is 5.75 Å². The Balaban J connectivity index is 1.66. The van der Waals surface area contributed by atoms with Gasteiger partial charge in [0.2, 0.25) is 0 Å². The van der Waals surface area contributed by atoms with E-state index >= 15 is 0 Å². The minimum absolute atomic E-state index is 0.0659. The molecule has 0 bridgehead atoms. The van der Waals surface area contributed by atoms with E-state index in [9.17, 15) is 4.79 Å². The molecule has 4 rings (SSSR count). The first-order chi connectivity index (χ1) is 12.1. The topological polar surface area (TPSA) is 72.5 Å². The molecule has 0 fully saturated rings. The molecule has 3 aromatic heterocycles. The smallest absolute Gasteiger partial charge is 0.273 e. The minimum Gasteiger partial charge on any atom is -0.484 e. The Labute approximate surface area is 151 Å². The molecule has 126 valence electrons. The summed E-state index contributed by atoms with van der Waals surface area (Å²) in [5.41, 5.74) is 1.32. The first-order valence-electron chi connectivity index (χ1n) is 7.34. The van der Waals surface area contributed by atoms with E-state index in [1.165, 1.54) is 10.6 Å². The number of para-hydroxylation sites is 1. The Hall–Kier alpha value is -2.70. The molecule has 1 N–H and O–H groups in total. The normalized spacial score (nSPS) is 11.1. The van der Waals surface area contributed by atoms with Crippen LogP contribution in [0.3, 0.4) is 0 Å². The second-order valence-electron chi connectivity index (χ2n) is 5.27. The number of aromatic amines is 1. The van der Waals surface area contributed by atoms with Crippen molar-refractivity contribution in [2.75, 3.05) is 0 Å². The summed E-state index contributed by atoms with van der Waals surface area (Å²) in [5.74, 6) is 0.976. The lowest BCUT2D eigenvalue weighted by Gasteiger charge is -2.09. The highest BCUT2D eigenvalue weighted by atomic mass is 35.5. The molecule has 0 saturated carbocycles. The number of halogens is 2. The van der Waals surface area contributed by atoms with Gasteiger partial charge in [-0.05, 0) is 24.3 Å². The summed E-state index contributed by atoms with van der Waals surface area (Å²) in [4.78, 5) is 16.7. The van der Waals surface area contributed by atoms with Gasteiger partial charge < -0.3 is 9.15 Å². The van der Waals surface area contributed by atoms with Crippen LogP contribution < -0.4 is 10.3 Å². The monoisotopic (exact) mass is 375 g/mol. The lowest BCUT2D eigenvalue weighted by Crippen LogP contribution is -2.16. The molecule has 0 aliphatic heterocycles. The highest BCUT2D eigenvalue weighted by Gasteiger charge is 2.11. The lowest BCUT2D eigenvalue weighted by atomic mass is 10.3. The predicted molar refractivity (Wildman–Crippen MR) is 94.3 cm³/mol. The van der Waals surface area contributed by atoms with Gasteiger partial charge in [-0.25, -0.2) is 9.50 Å². The molecule has 25 heavy (non-hydrogen) atoms. The maximum Gasteiger partial charge on any atom is 0.273 e. The Morgan fingerprint density at radius 2 is 1.96 bits per heavy atom. The molecule has 0 unspecified atom stereocenters. The van der Waals surface area contributed by atoms with Crippen LogP contribution in [0.2, 0.25) is 10.0 Å². The van der Waals surface area contributed by atoms with Gasteiger partial charge in [-0.3, -0.25) is 9.89 Å². The van der Waals surface area contributed by atoms with Crippen molar-refractivity contribution in [2.45, 2.75) is 6.61 Å². The van der Waals surface area contributed by atoms with E-state index in [0.29, 0.717) is 38.6 Å². The van der Waals surface area contributed by atoms with E-state index in [0.717, 1.165) is 0 Å². The number of nitrogens with zero attached hydrogens (tertiary/aromatic N) is 2. The molecule has 6 nitrogen and oxygen atoms in total. The summed E-state index contributed by atoms with van der Waals surface area (Å²) in [6, 6.07) is 11.8. The van der Waals surface area contributed by atoms with Crippen molar-refractivity contribution in [1.82, 2.24) is 14.6 Å². The summed E-state index contributed by atoms with van der Waals surface area (Å²) in [6.07, 6.45) is 1.56. The Bertz CT molecular complexity index is 1080. The van der Waals surface area contributed by atoms with Crippen molar-refractivity contribution in [2.24, 2.45) is 0 Å². The van der Waals surface area contributed by atoms with Gasteiger partial charge in [0.1, 0.15) is 12.3 Å². The van der Waals surface area contributed by atoms with Crippen LogP contribution in [0, 0.1) is 0 Å². The van der Waals surface area contributed by atoms with E-state index in [1.54, 1.807) is 42.7 Å². The maximum atomic E-state index is 12.3. The van der Waals surface area contributed by atoms with Crippen LogP contribution in [0.15, 0.2) is 57.9 Å². The van der Waals surface area contributed by atoms with Gasteiger partial charge in [0.25, 0.3) is 5.56 Å². The second-order valence-corrected chi connectivity index (χ2v) is 6.08. The van der Waals surface area contributed by atoms with E-state index in [2.05, 4.69) is 10.1 Å². The number of benzene rings is 1. The summed E-state index contributed by atoms with van der Waals surface area (Å²) in [6.45, 7) is 0.0659. The average molecular weight is 376 g/mol. The van der Waals surface area contributed by atoms with Gasteiger partial charge in [-0.2, -0.15) is 0 Å². The Morgan fingerprint density at radius 3 is 2.68 bits per heavy atom. The average Bonchev–Trinajstić information content (AvgIpc) is 3.23. The minimum atomic E-state index is -0.258. The quantitative estimate of drug-likeness (QED) is 0.580. The second kappa shape index (κ2) is 6.31. The van der Waals surface area contributed by atoms with Crippen molar-refractivity contribution in [1.29, 1.82) is 0 Å². The van der Waals surface area contributed by atoms with Crippen molar-refractivity contribution in [3.63, 3.8) is 0 Å². The molecule has 1 aromatic carbocycles. The van der Waals surface area contributed by atoms with E-state index in [-0.39, 0.29) is 12.2 Å². The number of furan rings is 1. The van der Waals surface area contributed by atoms with Crippen LogP contribution in [-0.4, -0.2) is 14.6 Å². The summed E-state index contributed by atoms with van der Waals surface area (Å²) in [5, 5.41) is 3.74. The fourth-order valence-corrected chi connectivity index (χ4v) is 2.95. The number of rotatable bonds is 4. The summed E-state index contributed by atoms with van der Waals surface area (Å²) < 4.78 is 12.3. The van der Waals surface area contributed by atoms with Gasteiger partial charge in [-0.1, -0.05) is 29.3 Å². The molecular weight excluding hydrogens is 365 g/mol. The number of hydrogen-bond acceptors (Lipinski definition) is 4. The molecular formula is C17H11Cl2N3O3. The molecule has 0 amide bonds. The number of fused-ring (bicyclic) bond motifs is 1. The number of hydrogen-bond donors (Lipinski definition) is 1. The molecule has 0 spiro atoms.